The molecule has 84 valence electrons. The third-order valence-electron chi connectivity index (χ3n) is 2.31. The van der Waals surface area contributed by atoms with Crippen LogP contribution in [0, 0.1) is 0 Å². The predicted molar refractivity (Wildman–Crippen MR) is 69.1 cm³/mol. The van der Waals surface area contributed by atoms with Gasteiger partial charge in [0.1, 0.15) is 11.9 Å². The summed E-state index contributed by atoms with van der Waals surface area (Å²) in [5.41, 5.74) is 0.821. The van der Waals surface area contributed by atoms with Crippen molar-refractivity contribution in [3.8, 4) is 5.75 Å². The Morgan fingerprint density at radius 1 is 1.38 bits per heavy atom. The second-order valence-corrected chi connectivity index (χ2v) is 5.14. The van der Waals surface area contributed by atoms with Gasteiger partial charge in [-0.25, -0.2) is 0 Å². The van der Waals surface area contributed by atoms with Crippen molar-refractivity contribution in [2.75, 3.05) is 7.11 Å². The van der Waals surface area contributed by atoms with E-state index in [1.807, 2.05) is 35.7 Å². The van der Waals surface area contributed by atoms with Gasteiger partial charge in [0.2, 0.25) is 0 Å². The van der Waals surface area contributed by atoms with E-state index in [1.165, 1.54) is 11.3 Å². The Morgan fingerprint density at radius 3 is 2.81 bits per heavy atom. The average molecular weight is 299 g/mol. The van der Waals surface area contributed by atoms with Crippen molar-refractivity contribution >= 4 is 27.3 Å². The summed E-state index contributed by atoms with van der Waals surface area (Å²) in [7, 11) is 1.62. The Labute approximate surface area is 107 Å². The lowest BCUT2D eigenvalue weighted by atomic mass is 10.1. The zero-order chi connectivity index (χ0) is 11.5. The molecule has 0 radical (unpaired) electrons. The van der Waals surface area contributed by atoms with Crippen molar-refractivity contribution in [3.05, 3.63) is 50.6 Å². The summed E-state index contributed by atoms with van der Waals surface area (Å²) in [5, 5.41) is 12.2. The van der Waals surface area contributed by atoms with Gasteiger partial charge in [0.15, 0.2) is 0 Å². The van der Waals surface area contributed by atoms with Crippen LogP contribution in [0.25, 0.3) is 0 Å². The molecule has 16 heavy (non-hydrogen) atoms. The zero-order valence-corrected chi connectivity index (χ0v) is 11.1. The molecule has 0 saturated carbocycles. The molecule has 0 saturated heterocycles. The van der Waals surface area contributed by atoms with Gasteiger partial charge in [0.05, 0.1) is 7.11 Å². The van der Waals surface area contributed by atoms with Crippen molar-refractivity contribution in [1.29, 1.82) is 0 Å². The van der Waals surface area contributed by atoms with E-state index in [2.05, 4.69) is 15.9 Å². The molecule has 0 bridgehead atoms. The molecule has 0 aliphatic carbocycles. The van der Waals surface area contributed by atoms with Crippen molar-refractivity contribution < 1.29 is 9.84 Å². The van der Waals surface area contributed by atoms with Crippen molar-refractivity contribution in [2.45, 2.75) is 6.10 Å². The second-order valence-electron chi connectivity index (χ2n) is 3.31. The number of hydrogen-bond donors (Lipinski definition) is 1. The highest BCUT2D eigenvalue weighted by atomic mass is 79.9. The summed E-state index contributed by atoms with van der Waals surface area (Å²) in [5.74, 6) is 0.744. The third kappa shape index (κ3) is 2.29. The molecule has 4 heteroatoms. The molecule has 1 aromatic carbocycles. The zero-order valence-electron chi connectivity index (χ0n) is 8.68. The van der Waals surface area contributed by atoms with Gasteiger partial charge in [-0.1, -0.05) is 22.0 Å². The van der Waals surface area contributed by atoms with Crippen LogP contribution >= 0.6 is 27.3 Å². The standard InChI is InChI=1S/C12H11BrO2S/c1-15-8-4-5-10(13)9(7-8)12(14)11-3-2-6-16-11/h2-7,12,14H,1H3. The van der Waals surface area contributed by atoms with E-state index >= 15 is 0 Å². The van der Waals surface area contributed by atoms with Crippen molar-refractivity contribution in [1.82, 2.24) is 0 Å². The molecule has 1 N–H and O–H groups in total. The van der Waals surface area contributed by atoms with Gasteiger partial charge in [-0.3, -0.25) is 0 Å². The number of ether oxygens (including phenoxy) is 1. The van der Waals surface area contributed by atoms with Crippen LogP contribution in [0.15, 0.2) is 40.2 Å². The Kier molecular flexibility index (Phi) is 3.63. The number of hydrogen-bond acceptors (Lipinski definition) is 3. The molecule has 2 aromatic rings. The highest BCUT2D eigenvalue weighted by Crippen LogP contribution is 2.33. The number of rotatable bonds is 3. The van der Waals surface area contributed by atoms with E-state index in [9.17, 15) is 5.11 Å². The molecule has 1 heterocycles. The lowest BCUT2D eigenvalue weighted by Gasteiger charge is -2.12. The minimum absolute atomic E-state index is 0.607. The highest BCUT2D eigenvalue weighted by molar-refractivity contribution is 9.10. The third-order valence-corrected chi connectivity index (χ3v) is 3.96. The first-order valence-electron chi connectivity index (χ1n) is 4.77. The summed E-state index contributed by atoms with van der Waals surface area (Å²) in [6.07, 6.45) is -0.607. The van der Waals surface area contributed by atoms with Crippen LogP contribution in [0.5, 0.6) is 5.75 Å². The summed E-state index contributed by atoms with van der Waals surface area (Å²) >= 11 is 4.97. The van der Waals surface area contributed by atoms with Gasteiger partial charge in [0, 0.05) is 14.9 Å². The number of halogens is 1. The van der Waals surface area contributed by atoms with Crippen LogP contribution in [0.1, 0.15) is 16.5 Å². The van der Waals surface area contributed by atoms with Gasteiger partial charge >= 0.3 is 0 Å². The monoisotopic (exact) mass is 298 g/mol. The molecular formula is C12H11BrO2S. The van der Waals surface area contributed by atoms with Crippen LogP contribution in [0.3, 0.4) is 0 Å². The first-order valence-corrected chi connectivity index (χ1v) is 6.44. The van der Waals surface area contributed by atoms with E-state index < -0.39 is 6.10 Å². The van der Waals surface area contributed by atoms with Crippen LogP contribution in [-0.2, 0) is 0 Å². The van der Waals surface area contributed by atoms with E-state index in [0.29, 0.717) is 0 Å². The van der Waals surface area contributed by atoms with Gasteiger partial charge in [-0.15, -0.1) is 11.3 Å². The first kappa shape index (κ1) is 11.6. The van der Waals surface area contributed by atoms with Crippen LogP contribution in [-0.4, -0.2) is 12.2 Å². The Hall–Kier alpha value is -0.840. The quantitative estimate of drug-likeness (QED) is 0.938. The number of thiophene rings is 1. The number of benzene rings is 1. The SMILES string of the molecule is COc1ccc(Br)c(C(O)c2cccs2)c1. The smallest absolute Gasteiger partial charge is 0.119 e. The Morgan fingerprint density at radius 2 is 2.19 bits per heavy atom. The van der Waals surface area contributed by atoms with Gasteiger partial charge in [-0.05, 0) is 29.6 Å². The molecule has 2 rings (SSSR count). The molecule has 0 aliphatic heterocycles. The molecule has 0 aliphatic rings. The number of aliphatic hydroxyl groups excluding tert-OH is 1. The molecule has 2 nitrogen and oxygen atoms in total. The summed E-state index contributed by atoms with van der Waals surface area (Å²) < 4.78 is 6.03. The fourth-order valence-corrected chi connectivity index (χ4v) is 2.65. The van der Waals surface area contributed by atoms with E-state index in [4.69, 9.17) is 4.74 Å². The van der Waals surface area contributed by atoms with E-state index in [0.717, 1.165) is 20.7 Å². The highest BCUT2D eigenvalue weighted by Gasteiger charge is 2.15. The maximum atomic E-state index is 10.2. The minimum atomic E-state index is -0.607. The van der Waals surface area contributed by atoms with Gasteiger partial charge in [-0.2, -0.15) is 0 Å². The fraction of sp³-hybridized carbons (Fsp3) is 0.167. The Bertz CT molecular complexity index is 468. The van der Waals surface area contributed by atoms with Crippen molar-refractivity contribution in [2.24, 2.45) is 0 Å². The lowest BCUT2D eigenvalue weighted by molar-refractivity contribution is 0.223. The first-order chi connectivity index (χ1) is 7.72. The largest absolute Gasteiger partial charge is 0.497 e. The second kappa shape index (κ2) is 4.99. The van der Waals surface area contributed by atoms with Crippen LogP contribution < -0.4 is 4.74 Å². The summed E-state index contributed by atoms with van der Waals surface area (Å²) in [6, 6.07) is 9.42. The Balaban J connectivity index is 2.39. The molecule has 0 spiro atoms. The maximum absolute atomic E-state index is 10.2. The molecule has 0 fully saturated rings. The topological polar surface area (TPSA) is 29.5 Å². The minimum Gasteiger partial charge on any atom is -0.497 e. The maximum Gasteiger partial charge on any atom is 0.119 e. The number of aliphatic hydroxyl groups is 1. The van der Waals surface area contributed by atoms with Gasteiger partial charge < -0.3 is 9.84 Å². The number of methoxy groups -OCH3 is 1. The van der Waals surface area contributed by atoms with Gasteiger partial charge in [0.25, 0.3) is 0 Å². The molecule has 1 unspecified atom stereocenters. The van der Waals surface area contributed by atoms with Crippen LogP contribution in [0.4, 0.5) is 0 Å². The molecule has 1 aromatic heterocycles. The van der Waals surface area contributed by atoms with E-state index in [-0.39, 0.29) is 0 Å². The average Bonchev–Trinajstić information content (AvgIpc) is 2.82. The summed E-state index contributed by atoms with van der Waals surface area (Å²) in [6.45, 7) is 0. The van der Waals surface area contributed by atoms with E-state index in [1.54, 1.807) is 7.11 Å². The lowest BCUT2D eigenvalue weighted by Crippen LogP contribution is -1.99. The van der Waals surface area contributed by atoms with Crippen LogP contribution in [0.2, 0.25) is 0 Å². The molecule has 0 amide bonds. The molecule has 1 atom stereocenters. The summed E-state index contributed by atoms with van der Waals surface area (Å²) in [4.78, 5) is 0.925. The molecular weight excluding hydrogens is 288 g/mol. The normalized spacial score (nSPS) is 12.4. The van der Waals surface area contributed by atoms with Crippen molar-refractivity contribution in [3.63, 3.8) is 0 Å². The fourth-order valence-electron chi connectivity index (χ4n) is 1.46. The predicted octanol–water partition coefficient (Wildman–Crippen LogP) is 3.60.